The molecule has 0 aliphatic carbocycles. The second-order valence-corrected chi connectivity index (χ2v) is 3.13. The van der Waals surface area contributed by atoms with Crippen molar-refractivity contribution < 1.29 is 9.32 Å². The van der Waals surface area contributed by atoms with Crippen molar-refractivity contribution in [3.8, 4) is 0 Å². The van der Waals surface area contributed by atoms with E-state index in [2.05, 4.69) is 5.16 Å². The van der Waals surface area contributed by atoms with Crippen molar-refractivity contribution in [2.24, 2.45) is 0 Å². The van der Waals surface area contributed by atoms with Gasteiger partial charge in [-0.15, -0.1) is 0 Å². The molecule has 1 aromatic carbocycles. The molecule has 0 bridgehead atoms. The molecule has 0 aliphatic heterocycles. The van der Waals surface area contributed by atoms with Crippen molar-refractivity contribution in [1.29, 1.82) is 0 Å². The van der Waals surface area contributed by atoms with E-state index < -0.39 is 0 Å². The molecule has 1 heterocycles. The molecule has 4 heteroatoms. The Hall–Kier alpha value is -1.35. The van der Waals surface area contributed by atoms with Gasteiger partial charge in [-0.25, -0.2) is 0 Å². The lowest BCUT2D eigenvalue weighted by Gasteiger charge is -1.94. The molecule has 0 fully saturated rings. The highest BCUT2D eigenvalue weighted by Crippen LogP contribution is 2.28. The molecule has 1 aromatic heterocycles. The van der Waals surface area contributed by atoms with Gasteiger partial charge in [0, 0.05) is 0 Å². The van der Waals surface area contributed by atoms with Gasteiger partial charge in [0.1, 0.15) is 0 Å². The van der Waals surface area contributed by atoms with Gasteiger partial charge in [0.15, 0.2) is 11.9 Å². The molecule has 0 saturated heterocycles. The lowest BCUT2D eigenvalue weighted by molar-refractivity contribution is 0.112. The number of fused-ring (bicyclic) bond motifs is 1. The third kappa shape index (κ3) is 1.12. The Morgan fingerprint density at radius 1 is 1.54 bits per heavy atom. The molecule has 13 heavy (non-hydrogen) atoms. The van der Waals surface area contributed by atoms with Crippen LogP contribution in [-0.2, 0) is 0 Å². The molecule has 2 aromatic rings. The minimum atomic E-state index is 0.458. The van der Waals surface area contributed by atoms with Gasteiger partial charge in [0.2, 0.25) is 0 Å². The fraction of sp³-hybridized carbons (Fsp3) is 0.111. The van der Waals surface area contributed by atoms with E-state index in [4.69, 9.17) is 16.1 Å². The molecule has 0 N–H and O–H groups in total. The molecule has 66 valence electrons. The summed E-state index contributed by atoms with van der Waals surface area (Å²) in [5, 5.41) is 5.02. The first kappa shape index (κ1) is 8.26. The molecule has 0 amide bonds. The minimum Gasteiger partial charge on any atom is -0.355 e. The molecule has 0 atom stereocenters. The summed E-state index contributed by atoms with van der Waals surface area (Å²) in [6.45, 7) is 1.78. The summed E-state index contributed by atoms with van der Waals surface area (Å²) in [5.41, 5.74) is 1.63. The molecule has 0 aliphatic rings. The van der Waals surface area contributed by atoms with Crippen LogP contribution in [0.15, 0.2) is 16.7 Å². The molecular weight excluding hydrogens is 190 g/mol. The molecule has 2 rings (SSSR count). The first-order valence-electron chi connectivity index (χ1n) is 3.73. The van der Waals surface area contributed by atoms with Crippen LogP contribution in [0, 0.1) is 6.92 Å². The van der Waals surface area contributed by atoms with Crippen molar-refractivity contribution in [1.82, 2.24) is 5.16 Å². The highest BCUT2D eigenvalue weighted by molar-refractivity contribution is 6.35. The summed E-state index contributed by atoms with van der Waals surface area (Å²) in [4.78, 5) is 10.6. The van der Waals surface area contributed by atoms with E-state index in [0.717, 1.165) is 6.29 Å². The highest BCUT2D eigenvalue weighted by atomic mass is 35.5. The third-order valence-electron chi connectivity index (χ3n) is 1.90. The third-order valence-corrected chi connectivity index (χ3v) is 2.21. The van der Waals surface area contributed by atoms with Crippen LogP contribution < -0.4 is 0 Å². The fourth-order valence-electron chi connectivity index (χ4n) is 1.26. The van der Waals surface area contributed by atoms with Gasteiger partial charge in [-0.2, -0.15) is 0 Å². The van der Waals surface area contributed by atoms with E-state index in [1.807, 2.05) is 0 Å². The first-order valence-corrected chi connectivity index (χ1v) is 4.11. The number of halogens is 1. The summed E-state index contributed by atoms with van der Waals surface area (Å²) < 4.78 is 4.99. The van der Waals surface area contributed by atoms with Gasteiger partial charge in [0.05, 0.1) is 21.7 Å². The van der Waals surface area contributed by atoms with Gasteiger partial charge in [-0.3, -0.25) is 4.79 Å². The van der Waals surface area contributed by atoms with Gasteiger partial charge < -0.3 is 4.52 Å². The predicted octanol–water partition coefficient (Wildman–Crippen LogP) is 2.60. The summed E-state index contributed by atoms with van der Waals surface area (Å²) in [7, 11) is 0. The normalized spacial score (nSPS) is 10.6. The zero-order valence-corrected chi connectivity index (χ0v) is 7.63. The predicted molar refractivity (Wildman–Crippen MR) is 49.1 cm³/mol. The second kappa shape index (κ2) is 2.85. The monoisotopic (exact) mass is 195 g/mol. The maximum atomic E-state index is 10.6. The maximum absolute atomic E-state index is 10.6. The summed E-state index contributed by atoms with van der Waals surface area (Å²) >= 11 is 5.92. The highest BCUT2D eigenvalue weighted by Gasteiger charge is 2.11. The Morgan fingerprint density at radius 2 is 2.31 bits per heavy atom. The van der Waals surface area contributed by atoms with E-state index in [0.29, 0.717) is 27.2 Å². The SMILES string of the molecule is Cc1noc2c(C=O)ccc(Cl)c12. The lowest BCUT2D eigenvalue weighted by Crippen LogP contribution is -1.81. The van der Waals surface area contributed by atoms with E-state index >= 15 is 0 Å². The van der Waals surface area contributed by atoms with Crippen LogP contribution in [0.25, 0.3) is 11.0 Å². The number of carbonyl (C=O) groups is 1. The maximum Gasteiger partial charge on any atom is 0.179 e. The van der Waals surface area contributed by atoms with Crippen molar-refractivity contribution >= 4 is 28.9 Å². The van der Waals surface area contributed by atoms with E-state index in [-0.39, 0.29) is 0 Å². The average molecular weight is 196 g/mol. The van der Waals surface area contributed by atoms with Crippen molar-refractivity contribution in [3.63, 3.8) is 0 Å². The molecule has 0 saturated carbocycles. The van der Waals surface area contributed by atoms with E-state index in [9.17, 15) is 4.79 Å². The molecule has 0 spiro atoms. The number of carbonyl (C=O) groups excluding carboxylic acids is 1. The number of hydrogen-bond donors (Lipinski definition) is 0. The quantitative estimate of drug-likeness (QED) is 0.657. The fourth-order valence-corrected chi connectivity index (χ4v) is 1.55. The van der Waals surface area contributed by atoms with Gasteiger partial charge in [0.25, 0.3) is 0 Å². The van der Waals surface area contributed by atoms with Gasteiger partial charge in [-0.1, -0.05) is 16.8 Å². The number of benzene rings is 1. The Labute approximate surface area is 79.3 Å². The van der Waals surface area contributed by atoms with Crippen molar-refractivity contribution in [2.75, 3.05) is 0 Å². The van der Waals surface area contributed by atoms with Crippen LogP contribution in [-0.4, -0.2) is 11.4 Å². The number of aldehydes is 1. The first-order chi connectivity index (χ1) is 6.24. The van der Waals surface area contributed by atoms with Crippen LogP contribution >= 0.6 is 11.6 Å². The molecule has 0 radical (unpaired) electrons. The number of aromatic nitrogens is 1. The zero-order chi connectivity index (χ0) is 9.42. The summed E-state index contributed by atoms with van der Waals surface area (Å²) in [5.74, 6) is 0. The van der Waals surface area contributed by atoms with Crippen LogP contribution in [0.5, 0.6) is 0 Å². The Bertz CT molecular complexity index is 476. The van der Waals surface area contributed by atoms with Crippen LogP contribution in [0.1, 0.15) is 16.1 Å². The second-order valence-electron chi connectivity index (χ2n) is 2.73. The number of nitrogens with zero attached hydrogens (tertiary/aromatic N) is 1. The average Bonchev–Trinajstić information content (AvgIpc) is 2.50. The van der Waals surface area contributed by atoms with Crippen molar-refractivity contribution in [2.45, 2.75) is 6.92 Å². The van der Waals surface area contributed by atoms with Crippen molar-refractivity contribution in [3.05, 3.63) is 28.4 Å². The summed E-state index contributed by atoms with van der Waals surface area (Å²) in [6.07, 6.45) is 0.725. The Morgan fingerprint density at radius 3 is 3.00 bits per heavy atom. The van der Waals surface area contributed by atoms with Crippen LogP contribution in [0.3, 0.4) is 0 Å². The lowest BCUT2D eigenvalue weighted by atomic mass is 10.1. The summed E-state index contributed by atoms with van der Waals surface area (Å²) in [6, 6.07) is 3.28. The van der Waals surface area contributed by atoms with Crippen LogP contribution in [0.2, 0.25) is 5.02 Å². The number of hydrogen-bond acceptors (Lipinski definition) is 3. The minimum absolute atomic E-state index is 0.458. The largest absolute Gasteiger partial charge is 0.355 e. The standard InChI is InChI=1S/C9H6ClNO2/c1-5-8-7(10)3-2-6(4-12)9(8)13-11-5/h2-4H,1H3. The van der Waals surface area contributed by atoms with E-state index in [1.54, 1.807) is 19.1 Å². The number of aryl methyl sites for hydroxylation is 1. The Balaban J connectivity index is 2.95. The zero-order valence-electron chi connectivity index (χ0n) is 6.87. The smallest absolute Gasteiger partial charge is 0.179 e. The van der Waals surface area contributed by atoms with Gasteiger partial charge >= 0.3 is 0 Å². The molecular formula is C9H6ClNO2. The number of rotatable bonds is 1. The topological polar surface area (TPSA) is 43.1 Å². The van der Waals surface area contributed by atoms with Gasteiger partial charge in [-0.05, 0) is 19.1 Å². The molecule has 3 nitrogen and oxygen atoms in total. The Kier molecular flexibility index (Phi) is 1.81. The van der Waals surface area contributed by atoms with Crippen LogP contribution in [0.4, 0.5) is 0 Å². The van der Waals surface area contributed by atoms with E-state index in [1.165, 1.54) is 0 Å². The molecule has 0 unspecified atom stereocenters.